The van der Waals surface area contributed by atoms with Crippen molar-refractivity contribution in [2.45, 2.75) is 11.3 Å². The molecule has 0 saturated heterocycles. The molecule has 0 aliphatic carbocycles. The zero-order valence-electron chi connectivity index (χ0n) is 11.3. The van der Waals surface area contributed by atoms with E-state index < -0.39 is 38.8 Å². The van der Waals surface area contributed by atoms with Gasteiger partial charge in [0.1, 0.15) is 0 Å². The number of ether oxygens (including phenoxy) is 1. The maximum absolute atomic E-state index is 12.3. The molecule has 12 heteroatoms. The molecule has 0 saturated carbocycles. The summed E-state index contributed by atoms with van der Waals surface area (Å²) in [5.74, 6) is -1.69. The topological polar surface area (TPSA) is 111 Å². The van der Waals surface area contributed by atoms with Crippen LogP contribution in [-0.4, -0.2) is 31.7 Å². The third-order valence-corrected chi connectivity index (χ3v) is 3.65. The van der Waals surface area contributed by atoms with Gasteiger partial charge in [-0.25, -0.2) is 4.79 Å². The van der Waals surface area contributed by atoms with Gasteiger partial charge in [-0.05, 0) is 24.3 Å². The zero-order valence-corrected chi connectivity index (χ0v) is 12.1. The van der Waals surface area contributed by atoms with Crippen molar-refractivity contribution in [3.63, 3.8) is 0 Å². The Bertz CT molecular complexity index is 814. The highest BCUT2D eigenvalue weighted by Gasteiger charge is 2.33. The molecular weight excluding hydrogens is 343 g/mol. The van der Waals surface area contributed by atoms with Gasteiger partial charge in [0.15, 0.2) is 11.5 Å². The Morgan fingerprint density at radius 3 is 2.43 bits per heavy atom. The Kier molecular flexibility index (Phi) is 4.27. The van der Waals surface area contributed by atoms with Gasteiger partial charge in [0.05, 0.1) is 7.11 Å². The summed E-state index contributed by atoms with van der Waals surface area (Å²) in [5, 5.41) is 5.35. The number of nitrogens with one attached hydrogen (secondary N) is 1. The van der Waals surface area contributed by atoms with Crippen LogP contribution in [-0.2, 0) is 20.9 Å². The van der Waals surface area contributed by atoms with Crippen LogP contribution in [0, 0.1) is 0 Å². The fourth-order valence-electron chi connectivity index (χ4n) is 1.40. The quantitative estimate of drug-likeness (QED) is 0.834. The van der Waals surface area contributed by atoms with Crippen molar-refractivity contribution in [2.24, 2.45) is 0 Å². The van der Waals surface area contributed by atoms with Gasteiger partial charge >= 0.3 is 12.1 Å². The molecule has 0 fully saturated rings. The number of hydrogen-bond acceptors (Lipinski definition) is 7. The second-order valence-corrected chi connectivity index (χ2v) is 5.63. The molecule has 0 aliphatic rings. The fourth-order valence-corrected chi connectivity index (χ4v) is 2.33. The van der Waals surface area contributed by atoms with Crippen molar-refractivity contribution in [3.05, 3.63) is 35.7 Å². The summed E-state index contributed by atoms with van der Waals surface area (Å²) in [6.07, 6.45) is -4.69. The monoisotopic (exact) mass is 351 g/mol. The summed E-state index contributed by atoms with van der Waals surface area (Å²) in [5.41, 5.74) is -1.27. The Hall–Kier alpha value is -2.63. The van der Waals surface area contributed by atoms with Crippen LogP contribution in [0.2, 0.25) is 0 Å². The molecule has 0 spiro atoms. The minimum Gasteiger partial charge on any atom is -0.463 e. The molecule has 2 aromatic heterocycles. The molecule has 0 unspecified atom stereocenters. The Balaban J connectivity index is 2.21. The van der Waals surface area contributed by atoms with Crippen molar-refractivity contribution < 1.29 is 35.5 Å². The van der Waals surface area contributed by atoms with Gasteiger partial charge in [-0.15, -0.1) is 10.2 Å². The van der Waals surface area contributed by atoms with Gasteiger partial charge in [0.25, 0.3) is 10.0 Å². The number of sulfonamides is 1. The van der Waals surface area contributed by atoms with Gasteiger partial charge in [0, 0.05) is 0 Å². The largest absolute Gasteiger partial charge is 0.463 e. The SMILES string of the molecule is COC(=O)c1ccc(S(=O)(=O)Nc2ccc(C(F)(F)F)nn2)o1. The third kappa shape index (κ3) is 3.77. The van der Waals surface area contributed by atoms with E-state index in [1.807, 2.05) is 4.72 Å². The van der Waals surface area contributed by atoms with Crippen LogP contribution in [0.3, 0.4) is 0 Å². The van der Waals surface area contributed by atoms with E-state index in [2.05, 4.69) is 14.9 Å². The molecule has 0 bridgehead atoms. The van der Waals surface area contributed by atoms with Crippen LogP contribution in [0.1, 0.15) is 16.2 Å². The predicted molar refractivity (Wildman–Crippen MR) is 67.9 cm³/mol. The molecule has 0 amide bonds. The number of carbonyl (C=O) groups is 1. The molecule has 2 rings (SSSR count). The summed E-state index contributed by atoms with van der Waals surface area (Å²) < 4.78 is 71.9. The third-order valence-electron chi connectivity index (χ3n) is 2.43. The molecule has 0 aliphatic heterocycles. The maximum Gasteiger partial charge on any atom is 0.435 e. The first-order chi connectivity index (χ1) is 10.6. The number of hydrogen-bond donors (Lipinski definition) is 1. The number of halogens is 3. The number of carbonyl (C=O) groups excluding carboxylic acids is 1. The van der Waals surface area contributed by atoms with E-state index in [0.717, 1.165) is 25.3 Å². The number of rotatable bonds is 4. The first-order valence-corrected chi connectivity index (χ1v) is 7.24. The zero-order chi connectivity index (χ0) is 17.3. The number of aromatic nitrogens is 2. The highest BCUT2D eigenvalue weighted by Crippen LogP contribution is 2.27. The molecule has 2 aromatic rings. The Morgan fingerprint density at radius 1 is 1.22 bits per heavy atom. The Morgan fingerprint density at radius 2 is 1.91 bits per heavy atom. The molecule has 0 atom stereocenters. The van der Waals surface area contributed by atoms with E-state index in [1.54, 1.807) is 0 Å². The highest BCUT2D eigenvalue weighted by molar-refractivity contribution is 7.92. The smallest absolute Gasteiger partial charge is 0.435 e. The minimum atomic E-state index is -4.69. The average Bonchev–Trinajstić information content (AvgIpc) is 2.96. The van der Waals surface area contributed by atoms with E-state index in [1.165, 1.54) is 0 Å². The highest BCUT2D eigenvalue weighted by atomic mass is 32.2. The van der Waals surface area contributed by atoms with Crippen molar-refractivity contribution in [1.82, 2.24) is 10.2 Å². The molecule has 23 heavy (non-hydrogen) atoms. The number of methoxy groups -OCH3 is 1. The normalized spacial score (nSPS) is 12.0. The second kappa shape index (κ2) is 5.87. The van der Waals surface area contributed by atoms with Crippen LogP contribution in [0.5, 0.6) is 0 Å². The number of furan rings is 1. The fraction of sp³-hybridized carbons (Fsp3) is 0.182. The number of alkyl halides is 3. The standard InChI is InChI=1S/C11H8F3N3O5S/c1-21-10(18)6-2-5-9(22-6)23(19,20)17-8-4-3-7(15-16-8)11(12,13)14/h2-5H,1H3,(H,16,17). The molecule has 124 valence electrons. The van der Waals surface area contributed by atoms with Crippen LogP contribution in [0.4, 0.5) is 19.0 Å². The van der Waals surface area contributed by atoms with Gasteiger partial charge in [-0.1, -0.05) is 0 Å². The molecule has 1 N–H and O–H groups in total. The summed E-state index contributed by atoms with van der Waals surface area (Å²) >= 11 is 0. The molecule has 2 heterocycles. The van der Waals surface area contributed by atoms with E-state index in [4.69, 9.17) is 4.42 Å². The van der Waals surface area contributed by atoms with Crippen molar-refractivity contribution in [1.29, 1.82) is 0 Å². The van der Waals surface area contributed by atoms with Gasteiger partial charge in [-0.3, -0.25) is 4.72 Å². The van der Waals surface area contributed by atoms with E-state index in [9.17, 15) is 26.4 Å². The van der Waals surface area contributed by atoms with Gasteiger partial charge in [-0.2, -0.15) is 21.6 Å². The van der Waals surface area contributed by atoms with Crippen LogP contribution in [0.25, 0.3) is 0 Å². The van der Waals surface area contributed by atoms with Crippen LogP contribution in [0.15, 0.2) is 33.8 Å². The number of nitrogens with zero attached hydrogens (tertiary/aromatic N) is 2. The molecule has 8 nitrogen and oxygen atoms in total. The van der Waals surface area contributed by atoms with Crippen molar-refractivity contribution in [3.8, 4) is 0 Å². The van der Waals surface area contributed by atoms with E-state index >= 15 is 0 Å². The maximum atomic E-state index is 12.3. The molecule has 0 aromatic carbocycles. The summed E-state index contributed by atoms with van der Waals surface area (Å²) in [4.78, 5) is 11.2. The second-order valence-electron chi connectivity index (χ2n) is 4.02. The minimum absolute atomic E-state index is 0.355. The average molecular weight is 351 g/mol. The lowest BCUT2D eigenvalue weighted by atomic mass is 10.4. The predicted octanol–water partition coefficient (Wildman–Crippen LogP) is 1.68. The van der Waals surface area contributed by atoms with Crippen molar-refractivity contribution in [2.75, 3.05) is 11.8 Å². The molecular formula is C11H8F3N3O5S. The number of anilines is 1. The van der Waals surface area contributed by atoms with E-state index in [-0.39, 0.29) is 5.76 Å². The van der Waals surface area contributed by atoms with Gasteiger partial charge in [0.2, 0.25) is 10.9 Å². The Labute approximate surface area is 127 Å². The first kappa shape index (κ1) is 16.7. The van der Waals surface area contributed by atoms with Gasteiger partial charge < -0.3 is 9.15 Å². The van der Waals surface area contributed by atoms with Crippen LogP contribution >= 0.6 is 0 Å². The first-order valence-electron chi connectivity index (χ1n) is 5.75. The number of esters is 1. The lowest BCUT2D eigenvalue weighted by Crippen LogP contribution is -2.15. The lowest BCUT2D eigenvalue weighted by Gasteiger charge is -2.06. The van der Waals surface area contributed by atoms with Crippen LogP contribution < -0.4 is 4.72 Å². The lowest BCUT2D eigenvalue weighted by molar-refractivity contribution is -0.141. The van der Waals surface area contributed by atoms with E-state index in [0.29, 0.717) is 6.07 Å². The van der Waals surface area contributed by atoms with Crippen molar-refractivity contribution >= 4 is 21.8 Å². The summed E-state index contributed by atoms with van der Waals surface area (Å²) in [6.45, 7) is 0. The summed E-state index contributed by atoms with van der Waals surface area (Å²) in [6, 6.07) is 3.40. The summed E-state index contributed by atoms with van der Waals surface area (Å²) in [7, 11) is -3.21. The molecule has 0 radical (unpaired) electrons.